The summed E-state index contributed by atoms with van der Waals surface area (Å²) in [4.78, 5) is 14.2. The van der Waals surface area contributed by atoms with Gasteiger partial charge in [-0.1, -0.05) is 11.6 Å². The van der Waals surface area contributed by atoms with E-state index in [0.717, 1.165) is 25.9 Å². The molecular formula is C13H14ClNO3. The first-order valence-electron chi connectivity index (χ1n) is 6.14. The largest absolute Gasteiger partial charge is 0.454 e. The Morgan fingerprint density at radius 3 is 2.72 bits per heavy atom. The summed E-state index contributed by atoms with van der Waals surface area (Å²) in [5.41, 5.74) is 0.575. The molecule has 96 valence electrons. The lowest BCUT2D eigenvalue weighted by Gasteiger charge is -2.26. The molecule has 3 rings (SSSR count). The maximum absolute atomic E-state index is 12.3. The molecule has 2 aliphatic heterocycles. The Balaban J connectivity index is 1.87. The Morgan fingerprint density at radius 2 is 1.94 bits per heavy atom. The summed E-state index contributed by atoms with van der Waals surface area (Å²) < 4.78 is 10.5. The minimum atomic E-state index is 0.0231. The van der Waals surface area contributed by atoms with Gasteiger partial charge in [0.05, 0.1) is 5.02 Å². The fraction of sp³-hybridized carbons (Fsp3) is 0.462. The fourth-order valence-corrected chi connectivity index (χ4v) is 2.64. The lowest BCUT2D eigenvalue weighted by Crippen LogP contribution is -2.35. The van der Waals surface area contributed by atoms with Gasteiger partial charge in [0.25, 0.3) is 5.91 Å². The number of ether oxygens (including phenoxy) is 2. The number of piperidine rings is 1. The molecular weight excluding hydrogens is 254 g/mol. The first kappa shape index (κ1) is 11.7. The van der Waals surface area contributed by atoms with Crippen LogP contribution in [0.4, 0.5) is 0 Å². The van der Waals surface area contributed by atoms with E-state index >= 15 is 0 Å². The van der Waals surface area contributed by atoms with Crippen molar-refractivity contribution in [2.75, 3.05) is 19.9 Å². The zero-order valence-electron chi connectivity index (χ0n) is 9.95. The fourth-order valence-electron chi connectivity index (χ4n) is 2.37. The van der Waals surface area contributed by atoms with Crippen molar-refractivity contribution in [2.45, 2.75) is 19.3 Å². The molecule has 0 aliphatic carbocycles. The van der Waals surface area contributed by atoms with E-state index in [1.54, 1.807) is 12.1 Å². The normalized spacial score (nSPS) is 17.9. The average molecular weight is 268 g/mol. The van der Waals surface area contributed by atoms with Crippen LogP contribution in [0.25, 0.3) is 0 Å². The Labute approximate surface area is 110 Å². The second-order valence-corrected chi connectivity index (χ2v) is 4.95. The number of hydrogen-bond donors (Lipinski definition) is 0. The summed E-state index contributed by atoms with van der Waals surface area (Å²) >= 11 is 6.08. The number of carbonyl (C=O) groups is 1. The molecule has 0 spiro atoms. The minimum Gasteiger partial charge on any atom is -0.454 e. The Kier molecular flexibility index (Phi) is 3.04. The molecule has 0 bridgehead atoms. The van der Waals surface area contributed by atoms with Gasteiger partial charge in [-0.25, -0.2) is 0 Å². The number of amides is 1. The zero-order valence-corrected chi connectivity index (χ0v) is 10.7. The van der Waals surface area contributed by atoms with E-state index < -0.39 is 0 Å². The van der Waals surface area contributed by atoms with Crippen molar-refractivity contribution in [1.82, 2.24) is 4.90 Å². The van der Waals surface area contributed by atoms with Crippen molar-refractivity contribution in [3.05, 3.63) is 22.7 Å². The molecule has 4 nitrogen and oxygen atoms in total. The molecule has 18 heavy (non-hydrogen) atoms. The van der Waals surface area contributed by atoms with E-state index in [1.807, 2.05) is 4.90 Å². The van der Waals surface area contributed by atoms with E-state index in [1.165, 1.54) is 6.42 Å². The summed E-state index contributed by atoms with van der Waals surface area (Å²) in [6.45, 7) is 1.81. The summed E-state index contributed by atoms with van der Waals surface area (Å²) in [5, 5.41) is 0.436. The maximum Gasteiger partial charge on any atom is 0.254 e. The lowest BCUT2D eigenvalue weighted by molar-refractivity contribution is 0.0724. The van der Waals surface area contributed by atoms with Crippen molar-refractivity contribution in [3.63, 3.8) is 0 Å². The molecule has 0 saturated carbocycles. The highest BCUT2D eigenvalue weighted by Crippen LogP contribution is 2.40. The van der Waals surface area contributed by atoms with E-state index in [2.05, 4.69) is 0 Å². The van der Waals surface area contributed by atoms with Crippen LogP contribution in [0.2, 0.25) is 5.02 Å². The number of nitrogens with zero attached hydrogens (tertiary/aromatic N) is 1. The van der Waals surface area contributed by atoms with Crippen LogP contribution >= 0.6 is 11.6 Å². The molecule has 1 saturated heterocycles. The number of fused-ring (bicyclic) bond motifs is 1. The monoisotopic (exact) mass is 267 g/mol. The maximum atomic E-state index is 12.3. The van der Waals surface area contributed by atoms with Crippen molar-refractivity contribution >= 4 is 17.5 Å². The Hall–Kier alpha value is -1.42. The molecule has 5 heteroatoms. The Morgan fingerprint density at radius 1 is 1.17 bits per heavy atom. The molecule has 0 aromatic heterocycles. The number of halogens is 1. The summed E-state index contributed by atoms with van der Waals surface area (Å²) in [6, 6.07) is 3.37. The second-order valence-electron chi connectivity index (χ2n) is 4.54. The SMILES string of the molecule is O=C(c1cc(Cl)c2c(c1)OCO2)N1CCCCC1. The van der Waals surface area contributed by atoms with Crippen molar-refractivity contribution in [1.29, 1.82) is 0 Å². The average Bonchev–Trinajstić information content (AvgIpc) is 2.88. The smallest absolute Gasteiger partial charge is 0.254 e. The highest BCUT2D eigenvalue weighted by molar-refractivity contribution is 6.32. The van der Waals surface area contributed by atoms with Gasteiger partial charge in [0.15, 0.2) is 11.5 Å². The first-order valence-corrected chi connectivity index (χ1v) is 6.52. The van der Waals surface area contributed by atoms with Gasteiger partial charge in [-0.05, 0) is 31.4 Å². The van der Waals surface area contributed by atoms with Crippen LogP contribution in [0.15, 0.2) is 12.1 Å². The zero-order chi connectivity index (χ0) is 12.5. The third-order valence-electron chi connectivity index (χ3n) is 3.32. The number of rotatable bonds is 1. The molecule has 0 unspecified atom stereocenters. The van der Waals surface area contributed by atoms with Crippen molar-refractivity contribution in [2.24, 2.45) is 0 Å². The molecule has 0 radical (unpaired) electrons. The Bertz CT molecular complexity index is 483. The molecule has 0 N–H and O–H groups in total. The lowest BCUT2D eigenvalue weighted by atomic mass is 10.1. The molecule has 0 atom stereocenters. The van der Waals surface area contributed by atoms with Gasteiger partial charge in [0.2, 0.25) is 6.79 Å². The highest BCUT2D eigenvalue weighted by Gasteiger charge is 2.24. The number of benzene rings is 1. The van der Waals surface area contributed by atoms with Crippen LogP contribution in [0, 0.1) is 0 Å². The van der Waals surface area contributed by atoms with Crippen LogP contribution in [-0.4, -0.2) is 30.7 Å². The van der Waals surface area contributed by atoms with Crippen molar-refractivity contribution in [3.8, 4) is 11.5 Å². The highest BCUT2D eigenvalue weighted by atomic mass is 35.5. The van der Waals surface area contributed by atoms with Crippen molar-refractivity contribution < 1.29 is 14.3 Å². The summed E-state index contributed by atoms with van der Waals surface area (Å²) in [6.07, 6.45) is 3.35. The predicted octanol–water partition coefficient (Wildman–Crippen LogP) is 2.69. The minimum absolute atomic E-state index is 0.0231. The van der Waals surface area contributed by atoms with Crippen LogP contribution in [0.1, 0.15) is 29.6 Å². The quantitative estimate of drug-likeness (QED) is 0.785. The van der Waals surface area contributed by atoms with E-state index in [-0.39, 0.29) is 12.7 Å². The van der Waals surface area contributed by atoms with E-state index in [9.17, 15) is 4.79 Å². The molecule has 1 aromatic rings. The molecule has 1 aromatic carbocycles. The van der Waals surface area contributed by atoms with Gasteiger partial charge in [-0.2, -0.15) is 0 Å². The van der Waals surface area contributed by atoms with Gasteiger partial charge in [0, 0.05) is 18.7 Å². The summed E-state index contributed by atoms with van der Waals surface area (Å²) in [5.74, 6) is 1.12. The molecule has 1 fully saturated rings. The number of likely N-dealkylation sites (tertiary alicyclic amines) is 1. The van der Waals surface area contributed by atoms with Crippen LogP contribution in [0.5, 0.6) is 11.5 Å². The third-order valence-corrected chi connectivity index (χ3v) is 3.60. The third kappa shape index (κ3) is 2.01. The van der Waals surface area contributed by atoms with Crippen LogP contribution in [-0.2, 0) is 0 Å². The molecule has 1 amide bonds. The molecule has 2 aliphatic rings. The number of hydrogen-bond acceptors (Lipinski definition) is 3. The standard InChI is InChI=1S/C13H14ClNO3/c14-10-6-9(7-11-12(10)18-8-17-11)13(16)15-4-2-1-3-5-15/h6-7H,1-5,8H2. The number of carbonyl (C=O) groups excluding carboxylic acids is 1. The van der Waals surface area contributed by atoms with E-state index in [0.29, 0.717) is 22.1 Å². The van der Waals surface area contributed by atoms with Gasteiger partial charge < -0.3 is 14.4 Å². The van der Waals surface area contributed by atoms with Crippen LogP contribution < -0.4 is 9.47 Å². The summed E-state index contributed by atoms with van der Waals surface area (Å²) in [7, 11) is 0. The van der Waals surface area contributed by atoms with E-state index in [4.69, 9.17) is 21.1 Å². The van der Waals surface area contributed by atoms with Gasteiger partial charge in [0.1, 0.15) is 0 Å². The van der Waals surface area contributed by atoms with Gasteiger partial charge in [-0.3, -0.25) is 4.79 Å². The molecule has 2 heterocycles. The van der Waals surface area contributed by atoms with Crippen LogP contribution in [0.3, 0.4) is 0 Å². The first-order chi connectivity index (χ1) is 8.75. The topological polar surface area (TPSA) is 38.8 Å². The van der Waals surface area contributed by atoms with Gasteiger partial charge in [-0.15, -0.1) is 0 Å². The van der Waals surface area contributed by atoms with Gasteiger partial charge >= 0.3 is 0 Å². The predicted molar refractivity (Wildman–Crippen MR) is 67.3 cm³/mol. The second kappa shape index (κ2) is 4.69.